The van der Waals surface area contributed by atoms with Crippen LogP contribution in [0.5, 0.6) is 0 Å². The lowest BCUT2D eigenvalue weighted by molar-refractivity contribution is -0.117. The molecule has 118 valence electrons. The molecule has 23 heavy (non-hydrogen) atoms. The molecule has 3 aromatic heterocycles. The fourth-order valence-corrected chi connectivity index (χ4v) is 2.81. The molecule has 0 atom stereocenters. The van der Waals surface area contributed by atoms with E-state index in [0.717, 1.165) is 0 Å². The summed E-state index contributed by atoms with van der Waals surface area (Å²) >= 11 is 7.04. The number of nitrogens with one attached hydrogen (secondary N) is 2. The van der Waals surface area contributed by atoms with Crippen molar-refractivity contribution in [1.29, 1.82) is 0 Å². The molecule has 3 aromatic rings. The maximum absolute atomic E-state index is 11.9. The predicted octanol–water partition coefficient (Wildman–Crippen LogP) is 2.00. The van der Waals surface area contributed by atoms with Crippen molar-refractivity contribution in [2.24, 2.45) is 7.05 Å². The van der Waals surface area contributed by atoms with Gasteiger partial charge >= 0.3 is 0 Å². The van der Waals surface area contributed by atoms with Crippen LogP contribution in [-0.2, 0) is 11.8 Å². The summed E-state index contributed by atoms with van der Waals surface area (Å²) in [6, 6.07) is 5.09. The minimum atomic E-state index is -0.429. The van der Waals surface area contributed by atoms with Gasteiger partial charge in [0.2, 0.25) is 5.91 Å². The molecule has 0 aliphatic heterocycles. The summed E-state index contributed by atoms with van der Waals surface area (Å²) in [5.41, 5.74) is 1.64. The van der Waals surface area contributed by atoms with Crippen LogP contribution in [-0.4, -0.2) is 37.1 Å². The van der Waals surface area contributed by atoms with E-state index >= 15 is 0 Å². The van der Waals surface area contributed by atoms with Crippen molar-refractivity contribution in [3.05, 3.63) is 41.3 Å². The number of H-pyrrole nitrogens is 1. The lowest BCUT2D eigenvalue weighted by atomic mass is 10.4. The molecule has 0 aliphatic rings. The first kappa shape index (κ1) is 15.6. The molecule has 2 N–H and O–H groups in total. The second-order valence-corrected chi connectivity index (χ2v) is 6.14. The number of halogens is 1. The van der Waals surface area contributed by atoms with Crippen molar-refractivity contribution >= 4 is 46.3 Å². The van der Waals surface area contributed by atoms with Crippen LogP contribution in [0.25, 0.3) is 11.2 Å². The second kappa shape index (κ2) is 6.43. The van der Waals surface area contributed by atoms with Crippen LogP contribution in [0, 0.1) is 0 Å². The lowest BCUT2D eigenvalue weighted by Gasteiger charge is -2.04. The minimum absolute atomic E-state index is 0.0592. The van der Waals surface area contributed by atoms with E-state index in [9.17, 15) is 9.59 Å². The Morgan fingerprint density at radius 3 is 3.04 bits per heavy atom. The number of imide groups is 1. The number of hydrogen-bond donors (Lipinski definition) is 2. The predicted molar refractivity (Wildman–Crippen MR) is 87.5 cm³/mol. The first-order chi connectivity index (χ1) is 11.0. The summed E-state index contributed by atoms with van der Waals surface area (Å²) in [6.45, 7) is 0. The number of carbonyl (C=O) groups is 2. The molecule has 0 fully saturated rings. The van der Waals surface area contributed by atoms with Gasteiger partial charge in [-0.1, -0.05) is 23.4 Å². The van der Waals surface area contributed by atoms with Crippen LogP contribution in [0.4, 0.5) is 0 Å². The normalized spacial score (nSPS) is 10.9. The van der Waals surface area contributed by atoms with Crippen LogP contribution < -0.4 is 5.32 Å². The zero-order valence-electron chi connectivity index (χ0n) is 12.0. The molecule has 9 heteroatoms. The number of nitrogens with zero attached hydrogens (tertiary/aromatic N) is 3. The van der Waals surface area contributed by atoms with Gasteiger partial charge in [-0.15, -0.1) is 0 Å². The van der Waals surface area contributed by atoms with E-state index in [1.807, 2.05) is 0 Å². The SMILES string of the molecule is Cn1cccc1C(=O)NC(=O)CSc1nc2ncc(Cl)cc2[nH]1. The molecule has 0 unspecified atom stereocenters. The highest BCUT2D eigenvalue weighted by atomic mass is 35.5. The summed E-state index contributed by atoms with van der Waals surface area (Å²) in [6.07, 6.45) is 3.24. The Morgan fingerprint density at radius 1 is 1.48 bits per heavy atom. The molecule has 0 radical (unpaired) electrons. The highest BCUT2D eigenvalue weighted by molar-refractivity contribution is 7.99. The monoisotopic (exact) mass is 349 g/mol. The highest BCUT2D eigenvalue weighted by Crippen LogP contribution is 2.20. The van der Waals surface area contributed by atoms with Crippen LogP contribution in [0.15, 0.2) is 35.7 Å². The Labute approximate surface area is 140 Å². The van der Waals surface area contributed by atoms with Gasteiger partial charge in [-0.25, -0.2) is 9.97 Å². The number of hydrogen-bond acceptors (Lipinski definition) is 5. The van der Waals surface area contributed by atoms with Gasteiger partial charge in [-0.2, -0.15) is 0 Å². The summed E-state index contributed by atoms with van der Waals surface area (Å²) in [4.78, 5) is 35.1. The minimum Gasteiger partial charge on any atom is -0.347 e. The topological polar surface area (TPSA) is 92.7 Å². The van der Waals surface area contributed by atoms with Gasteiger partial charge < -0.3 is 9.55 Å². The first-order valence-corrected chi connectivity index (χ1v) is 7.99. The molecule has 0 aromatic carbocycles. The number of carbonyl (C=O) groups excluding carboxylic acids is 2. The van der Waals surface area contributed by atoms with Crippen molar-refractivity contribution in [3.8, 4) is 0 Å². The van der Waals surface area contributed by atoms with Crippen LogP contribution >= 0.6 is 23.4 Å². The van der Waals surface area contributed by atoms with Gasteiger partial charge in [0.1, 0.15) is 5.69 Å². The Balaban J connectivity index is 1.59. The number of aromatic amines is 1. The fraction of sp³-hybridized carbons (Fsp3) is 0.143. The number of thioether (sulfide) groups is 1. The maximum Gasteiger partial charge on any atom is 0.274 e. The first-order valence-electron chi connectivity index (χ1n) is 6.62. The zero-order chi connectivity index (χ0) is 16.4. The third-order valence-corrected chi connectivity index (χ3v) is 4.13. The number of aryl methyl sites for hydroxylation is 1. The van der Waals surface area contributed by atoms with Gasteiger partial charge in [-0.05, 0) is 18.2 Å². The standard InChI is InChI=1S/C14H12ClN5O2S/c1-20-4-2-3-10(20)13(22)18-11(21)7-23-14-17-9-5-8(15)6-16-12(9)19-14/h2-6H,7H2,1H3,(H,16,17,19)(H,18,21,22). The number of fused-ring (bicyclic) bond motifs is 1. The van der Waals surface area contributed by atoms with E-state index < -0.39 is 11.8 Å². The van der Waals surface area contributed by atoms with Crippen molar-refractivity contribution in [2.75, 3.05) is 5.75 Å². The van der Waals surface area contributed by atoms with E-state index in [0.29, 0.717) is 27.0 Å². The van der Waals surface area contributed by atoms with Gasteiger partial charge in [0.15, 0.2) is 10.8 Å². The number of pyridine rings is 1. The molecule has 3 rings (SSSR count). The highest BCUT2D eigenvalue weighted by Gasteiger charge is 2.14. The maximum atomic E-state index is 11.9. The van der Waals surface area contributed by atoms with Crippen molar-refractivity contribution in [3.63, 3.8) is 0 Å². The third kappa shape index (κ3) is 3.54. The number of aromatic nitrogens is 4. The van der Waals surface area contributed by atoms with Gasteiger partial charge in [0, 0.05) is 19.4 Å². The van der Waals surface area contributed by atoms with E-state index in [-0.39, 0.29) is 5.75 Å². The Bertz CT molecular complexity index is 888. The Kier molecular flexibility index (Phi) is 4.35. The van der Waals surface area contributed by atoms with E-state index in [1.54, 1.807) is 36.0 Å². The van der Waals surface area contributed by atoms with Crippen LogP contribution in [0.3, 0.4) is 0 Å². The van der Waals surface area contributed by atoms with E-state index in [4.69, 9.17) is 11.6 Å². The molecule has 0 spiro atoms. The number of rotatable bonds is 4. The summed E-state index contributed by atoms with van der Waals surface area (Å²) < 4.78 is 1.64. The largest absolute Gasteiger partial charge is 0.347 e. The Hall–Kier alpha value is -2.32. The number of imidazole rings is 1. The molecular weight excluding hydrogens is 338 g/mol. The molecule has 3 heterocycles. The Morgan fingerprint density at radius 2 is 2.30 bits per heavy atom. The quantitative estimate of drug-likeness (QED) is 0.703. The van der Waals surface area contributed by atoms with Crippen LogP contribution in [0.2, 0.25) is 5.02 Å². The summed E-state index contributed by atoms with van der Waals surface area (Å²) in [7, 11) is 1.74. The van der Waals surface area contributed by atoms with Gasteiger partial charge in [-0.3, -0.25) is 14.9 Å². The summed E-state index contributed by atoms with van der Waals surface area (Å²) in [5.74, 6) is -0.766. The third-order valence-electron chi connectivity index (χ3n) is 3.05. The van der Waals surface area contributed by atoms with Crippen molar-refractivity contribution in [2.45, 2.75) is 5.16 Å². The van der Waals surface area contributed by atoms with Crippen LogP contribution in [0.1, 0.15) is 10.5 Å². The summed E-state index contributed by atoms with van der Waals surface area (Å²) in [5, 5.41) is 3.38. The average Bonchev–Trinajstić information content (AvgIpc) is 3.10. The molecule has 2 amide bonds. The molecule has 0 bridgehead atoms. The van der Waals surface area contributed by atoms with E-state index in [1.165, 1.54) is 18.0 Å². The molecule has 0 saturated heterocycles. The molecule has 0 aliphatic carbocycles. The molecule has 0 saturated carbocycles. The van der Waals surface area contributed by atoms with E-state index in [2.05, 4.69) is 20.3 Å². The van der Waals surface area contributed by atoms with Crippen molar-refractivity contribution in [1.82, 2.24) is 24.8 Å². The molecule has 7 nitrogen and oxygen atoms in total. The lowest BCUT2D eigenvalue weighted by Crippen LogP contribution is -2.32. The van der Waals surface area contributed by atoms with Gasteiger partial charge in [0.05, 0.1) is 16.3 Å². The van der Waals surface area contributed by atoms with Gasteiger partial charge in [0.25, 0.3) is 5.91 Å². The molecular formula is C14H12ClN5O2S. The van der Waals surface area contributed by atoms with Crippen molar-refractivity contribution < 1.29 is 9.59 Å². The average molecular weight is 350 g/mol. The zero-order valence-corrected chi connectivity index (χ0v) is 13.6. The fourth-order valence-electron chi connectivity index (χ4n) is 1.98. The number of amides is 2. The second-order valence-electron chi connectivity index (χ2n) is 4.74. The smallest absolute Gasteiger partial charge is 0.274 e.